The van der Waals surface area contributed by atoms with Gasteiger partial charge in [0.25, 0.3) is 5.91 Å². The molecule has 0 aliphatic rings. The fourth-order valence-electron chi connectivity index (χ4n) is 1.47. The van der Waals surface area contributed by atoms with E-state index in [1.165, 1.54) is 24.3 Å². The van der Waals surface area contributed by atoms with Crippen molar-refractivity contribution >= 4 is 35.8 Å². The van der Waals surface area contributed by atoms with Crippen LogP contribution in [-0.2, 0) is 0 Å². The molecule has 2 aromatic rings. The van der Waals surface area contributed by atoms with Crippen molar-refractivity contribution in [1.82, 2.24) is 0 Å². The Morgan fingerprint density at radius 1 is 1.11 bits per heavy atom. The van der Waals surface area contributed by atoms with E-state index in [1.54, 1.807) is 0 Å². The highest BCUT2D eigenvalue weighted by Gasteiger charge is 2.14. The molecule has 0 unspecified atom stereocenters. The van der Waals surface area contributed by atoms with Crippen molar-refractivity contribution in [1.29, 1.82) is 0 Å². The van der Waals surface area contributed by atoms with E-state index >= 15 is 0 Å². The Kier molecular flexibility index (Phi) is 4.07. The smallest absolute Gasteiger partial charge is 0.258 e. The molecule has 0 spiro atoms. The largest absolute Gasteiger partial charge is 0.319 e. The molecule has 0 aliphatic heterocycles. The van der Waals surface area contributed by atoms with Gasteiger partial charge in [0.15, 0.2) is 0 Å². The normalized spacial score (nSPS) is 10.3. The maximum atomic E-state index is 13.5. The summed E-state index contributed by atoms with van der Waals surface area (Å²) < 4.78 is 26.9. The van der Waals surface area contributed by atoms with E-state index in [0.717, 1.165) is 12.1 Å². The minimum Gasteiger partial charge on any atom is -0.319 e. The average Bonchev–Trinajstić information content (AvgIpc) is 2.36. The van der Waals surface area contributed by atoms with E-state index in [0.29, 0.717) is 4.90 Å². The minimum absolute atomic E-state index is 0.110. The standard InChI is InChI=1S/C13H8ClF2NOS/c14-7-1-3-11(16)12(5-7)17-13(18)9-6-8(19)2-4-10(9)15/h1-6,19H,(H,17,18). The lowest BCUT2D eigenvalue weighted by Gasteiger charge is -2.08. The predicted molar refractivity (Wildman–Crippen MR) is 73.0 cm³/mol. The number of benzene rings is 2. The SMILES string of the molecule is O=C(Nc1cc(Cl)ccc1F)c1cc(S)ccc1F. The zero-order chi connectivity index (χ0) is 14.0. The molecule has 1 amide bonds. The molecule has 98 valence electrons. The Labute approximate surface area is 118 Å². The number of hydrogen-bond acceptors (Lipinski definition) is 2. The lowest BCUT2D eigenvalue weighted by Crippen LogP contribution is -2.14. The first-order valence-corrected chi connectivity index (χ1v) is 6.05. The van der Waals surface area contributed by atoms with Gasteiger partial charge >= 0.3 is 0 Å². The third kappa shape index (κ3) is 3.24. The van der Waals surface area contributed by atoms with Gasteiger partial charge in [-0.1, -0.05) is 11.6 Å². The Balaban J connectivity index is 2.30. The van der Waals surface area contributed by atoms with Crippen LogP contribution in [0.4, 0.5) is 14.5 Å². The second kappa shape index (κ2) is 5.59. The summed E-state index contributed by atoms with van der Waals surface area (Å²) in [5.41, 5.74) is -0.326. The van der Waals surface area contributed by atoms with E-state index in [9.17, 15) is 13.6 Å². The van der Waals surface area contributed by atoms with Crippen LogP contribution in [-0.4, -0.2) is 5.91 Å². The minimum atomic E-state index is -0.769. The number of carbonyl (C=O) groups is 1. The van der Waals surface area contributed by atoms with Gasteiger partial charge in [-0.2, -0.15) is 0 Å². The van der Waals surface area contributed by atoms with E-state index in [2.05, 4.69) is 17.9 Å². The second-order valence-electron chi connectivity index (χ2n) is 3.74. The number of carbonyl (C=O) groups excluding carboxylic acids is 1. The van der Waals surface area contributed by atoms with Gasteiger partial charge in [0, 0.05) is 9.92 Å². The van der Waals surface area contributed by atoms with Crippen molar-refractivity contribution in [2.75, 3.05) is 5.32 Å². The quantitative estimate of drug-likeness (QED) is 0.801. The monoisotopic (exact) mass is 299 g/mol. The summed E-state index contributed by atoms with van der Waals surface area (Å²) in [6.07, 6.45) is 0. The number of thiol groups is 1. The molecule has 0 bridgehead atoms. The number of nitrogens with one attached hydrogen (secondary N) is 1. The van der Waals surface area contributed by atoms with Crippen molar-refractivity contribution in [3.05, 3.63) is 58.6 Å². The van der Waals surface area contributed by atoms with Crippen LogP contribution in [0.3, 0.4) is 0 Å². The first-order chi connectivity index (χ1) is 8.97. The van der Waals surface area contributed by atoms with Crippen molar-refractivity contribution in [3.63, 3.8) is 0 Å². The Bertz CT molecular complexity index is 649. The molecule has 2 nitrogen and oxygen atoms in total. The van der Waals surface area contributed by atoms with Crippen molar-refractivity contribution in [2.24, 2.45) is 0 Å². The summed E-state index contributed by atoms with van der Waals surface area (Å²) in [6.45, 7) is 0. The molecular formula is C13H8ClF2NOS. The van der Waals surface area contributed by atoms with Crippen LogP contribution < -0.4 is 5.32 Å². The second-order valence-corrected chi connectivity index (χ2v) is 4.70. The van der Waals surface area contributed by atoms with E-state index in [-0.39, 0.29) is 16.3 Å². The highest BCUT2D eigenvalue weighted by atomic mass is 35.5. The lowest BCUT2D eigenvalue weighted by molar-refractivity contribution is 0.102. The Hall–Kier alpha value is -1.59. The van der Waals surface area contributed by atoms with Gasteiger partial charge in [0.1, 0.15) is 11.6 Å². The molecule has 0 aromatic heterocycles. The fourth-order valence-corrected chi connectivity index (χ4v) is 1.85. The summed E-state index contributed by atoms with van der Waals surface area (Å²) in [4.78, 5) is 12.3. The van der Waals surface area contributed by atoms with E-state index < -0.39 is 17.5 Å². The van der Waals surface area contributed by atoms with Gasteiger partial charge in [-0.05, 0) is 36.4 Å². The molecule has 2 aromatic carbocycles. The zero-order valence-corrected chi connectivity index (χ0v) is 11.1. The summed E-state index contributed by atoms with van der Waals surface area (Å²) in [5, 5.41) is 2.53. The van der Waals surface area contributed by atoms with Gasteiger partial charge < -0.3 is 5.32 Å². The maximum absolute atomic E-state index is 13.5. The lowest BCUT2D eigenvalue weighted by atomic mass is 10.2. The number of rotatable bonds is 2. The molecule has 0 radical (unpaired) electrons. The van der Waals surface area contributed by atoms with Crippen LogP contribution in [0.5, 0.6) is 0 Å². The summed E-state index contributed by atoms with van der Waals surface area (Å²) in [6, 6.07) is 7.50. The summed E-state index contributed by atoms with van der Waals surface area (Å²) in [7, 11) is 0. The van der Waals surface area contributed by atoms with Gasteiger partial charge in [-0.25, -0.2) is 8.78 Å². The average molecular weight is 300 g/mol. The first kappa shape index (κ1) is 13.8. The molecule has 1 N–H and O–H groups in total. The van der Waals surface area contributed by atoms with Crippen LogP contribution >= 0.6 is 24.2 Å². The molecule has 19 heavy (non-hydrogen) atoms. The van der Waals surface area contributed by atoms with Crippen molar-refractivity contribution in [2.45, 2.75) is 4.90 Å². The number of anilines is 1. The van der Waals surface area contributed by atoms with Crippen LogP contribution in [0.2, 0.25) is 5.02 Å². The Morgan fingerprint density at radius 2 is 1.79 bits per heavy atom. The highest BCUT2D eigenvalue weighted by molar-refractivity contribution is 7.80. The zero-order valence-electron chi connectivity index (χ0n) is 9.45. The highest BCUT2D eigenvalue weighted by Crippen LogP contribution is 2.21. The van der Waals surface area contributed by atoms with Gasteiger partial charge in [-0.3, -0.25) is 4.79 Å². The fraction of sp³-hybridized carbons (Fsp3) is 0. The topological polar surface area (TPSA) is 29.1 Å². The third-order valence-corrected chi connectivity index (χ3v) is 2.88. The molecule has 6 heteroatoms. The molecule has 0 fully saturated rings. The summed E-state index contributed by atoms with van der Waals surface area (Å²) in [5.74, 6) is -2.13. The van der Waals surface area contributed by atoms with Crippen LogP contribution in [0, 0.1) is 11.6 Å². The van der Waals surface area contributed by atoms with Gasteiger partial charge in [0.2, 0.25) is 0 Å². The molecule has 2 rings (SSSR count). The first-order valence-electron chi connectivity index (χ1n) is 5.22. The van der Waals surface area contributed by atoms with E-state index in [4.69, 9.17) is 11.6 Å². The molecule has 0 saturated carbocycles. The van der Waals surface area contributed by atoms with E-state index in [1.807, 2.05) is 0 Å². The van der Waals surface area contributed by atoms with Crippen molar-refractivity contribution < 1.29 is 13.6 Å². The number of hydrogen-bond donors (Lipinski definition) is 2. The molecule has 0 atom stereocenters. The van der Waals surface area contributed by atoms with Crippen LogP contribution in [0.25, 0.3) is 0 Å². The van der Waals surface area contributed by atoms with Gasteiger partial charge in [-0.15, -0.1) is 12.6 Å². The molecule has 0 saturated heterocycles. The summed E-state index contributed by atoms with van der Waals surface area (Å²) >= 11 is 9.72. The van der Waals surface area contributed by atoms with Crippen molar-refractivity contribution in [3.8, 4) is 0 Å². The third-order valence-electron chi connectivity index (χ3n) is 2.37. The van der Waals surface area contributed by atoms with Crippen LogP contribution in [0.15, 0.2) is 41.3 Å². The van der Waals surface area contributed by atoms with Crippen LogP contribution in [0.1, 0.15) is 10.4 Å². The number of amides is 1. The number of halogens is 3. The predicted octanol–water partition coefficient (Wildman–Crippen LogP) is 4.16. The molecule has 0 heterocycles. The molecule has 0 aliphatic carbocycles. The van der Waals surface area contributed by atoms with Gasteiger partial charge in [0.05, 0.1) is 11.3 Å². The molecular weight excluding hydrogens is 292 g/mol. The Morgan fingerprint density at radius 3 is 2.53 bits per heavy atom. The maximum Gasteiger partial charge on any atom is 0.258 e.